The molecule has 9 heteroatoms. The maximum atomic E-state index is 12.0. The highest BCUT2D eigenvalue weighted by Crippen LogP contribution is 2.21. The van der Waals surface area contributed by atoms with Gasteiger partial charge in [-0.15, -0.1) is 0 Å². The third-order valence-corrected chi connectivity index (χ3v) is 2.84. The van der Waals surface area contributed by atoms with Crippen molar-refractivity contribution in [3.05, 3.63) is 41.2 Å². The molecule has 2 amide bonds. The van der Waals surface area contributed by atoms with Gasteiger partial charge in [-0.2, -0.15) is 5.10 Å². The van der Waals surface area contributed by atoms with Crippen LogP contribution < -0.4 is 15.6 Å². The van der Waals surface area contributed by atoms with Crippen LogP contribution in [0.15, 0.2) is 30.5 Å². The number of nitrogens with one attached hydrogen (secondary N) is 2. The minimum Gasteiger partial charge on any atom is -0.422 e. The van der Waals surface area contributed by atoms with E-state index in [9.17, 15) is 14.4 Å². The predicted octanol–water partition coefficient (Wildman–Crippen LogP) is 1.23. The lowest BCUT2D eigenvalue weighted by molar-refractivity contribution is -0.132. The summed E-state index contributed by atoms with van der Waals surface area (Å²) in [4.78, 5) is 34.1. The molecule has 0 aliphatic carbocycles. The monoisotopic (exact) mass is 336 g/mol. The number of hydrazine groups is 1. The highest BCUT2D eigenvalue weighted by atomic mass is 35.5. The van der Waals surface area contributed by atoms with Crippen molar-refractivity contribution in [3.8, 4) is 11.4 Å². The van der Waals surface area contributed by atoms with Crippen LogP contribution in [0, 0.1) is 0 Å². The largest absolute Gasteiger partial charge is 0.422 e. The number of carbonyl (C=O) groups is 3. The minimum absolute atomic E-state index is 0.0321. The molecule has 0 atom stereocenters. The topological polar surface area (TPSA) is 102 Å². The second-order valence-electron chi connectivity index (χ2n) is 4.49. The average molecular weight is 337 g/mol. The van der Waals surface area contributed by atoms with Crippen molar-refractivity contribution in [2.75, 3.05) is 0 Å². The lowest BCUT2D eigenvalue weighted by Gasteiger charge is -2.04. The van der Waals surface area contributed by atoms with Crippen LogP contribution in [0.4, 0.5) is 0 Å². The zero-order valence-corrected chi connectivity index (χ0v) is 13.0. The summed E-state index contributed by atoms with van der Waals surface area (Å²) >= 11 is 5.82. The molecule has 0 aliphatic heterocycles. The molecule has 23 heavy (non-hydrogen) atoms. The van der Waals surface area contributed by atoms with Gasteiger partial charge in [-0.25, -0.2) is 4.68 Å². The molecule has 0 radical (unpaired) electrons. The average Bonchev–Trinajstić information content (AvgIpc) is 2.88. The summed E-state index contributed by atoms with van der Waals surface area (Å²) < 4.78 is 6.34. The number of hydrogen-bond donors (Lipinski definition) is 2. The summed E-state index contributed by atoms with van der Waals surface area (Å²) in [6, 6.07) is 6.67. The van der Waals surface area contributed by atoms with Crippen molar-refractivity contribution in [3.63, 3.8) is 0 Å². The van der Waals surface area contributed by atoms with Crippen LogP contribution in [0.1, 0.15) is 24.3 Å². The first-order chi connectivity index (χ1) is 10.9. The third kappa shape index (κ3) is 4.30. The van der Waals surface area contributed by atoms with Gasteiger partial charge in [0.2, 0.25) is 5.91 Å². The quantitative estimate of drug-likeness (QED) is 0.648. The smallest absolute Gasteiger partial charge is 0.308 e. The molecule has 120 valence electrons. The first kappa shape index (κ1) is 16.5. The minimum atomic E-state index is -0.718. The van der Waals surface area contributed by atoms with Crippen molar-refractivity contribution >= 4 is 29.4 Å². The Bertz CT molecular complexity index is 755. The maximum Gasteiger partial charge on any atom is 0.308 e. The summed E-state index contributed by atoms with van der Waals surface area (Å²) in [5.41, 5.74) is 4.76. The lowest BCUT2D eigenvalue weighted by Crippen LogP contribution is -2.40. The van der Waals surface area contributed by atoms with Gasteiger partial charge in [0.05, 0.1) is 11.9 Å². The van der Waals surface area contributed by atoms with Gasteiger partial charge in [-0.05, 0) is 24.3 Å². The number of aromatic nitrogens is 2. The van der Waals surface area contributed by atoms with Gasteiger partial charge < -0.3 is 4.74 Å². The number of rotatable bonds is 3. The Kier molecular flexibility index (Phi) is 4.97. The van der Waals surface area contributed by atoms with E-state index < -0.39 is 17.8 Å². The van der Waals surface area contributed by atoms with Crippen LogP contribution >= 0.6 is 11.6 Å². The van der Waals surface area contributed by atoms with Gasteiger partial charge in [0.25, 0.3) is 5.91 Å². The second-order valence-corrected chi connectivity index (χ2v) is 4.93. The fourth-order valence-corrected chi connectivity index (χ4v) is 1.80. The van der Waals surface area contributed by atoms with Crippen LogP contribution in [-0.2, 0) is 9.59 Å². The van der Waals surface area contributed by atoms with E-state index in [1.165, 1.54) is 24.7 Å². The molecule has 0 saturated heterocycles. The van der Waals surface area contributed by atoms with Crippen molar-refractivity contribution < 1.29 is 19.1 Å². The molecule has 0 bridgehead atoms. The molecule has 1 heterocycles. The van der Waals surface area contributed by atoms with E-state index in [0.29, 0.717) is 10.7 Å². The van der Waals surface area contributed by atoms with Crippen molar-refractivity contribution in [1.29, 1.82) is 0 Å². The second kappa shape index (κ2) is 6.93. The summed E-state index contributed by atoms with van der Waals surface area (Å²) in [6.07, 6.45) is 1.38. The van der Waals surface area contributed by atoms with E-state index in [0.717, 1.165) is 0 Å². The van der Waals surface area contributed by atoms with E-state index in [2.05, 4.69) is 16.0 Å². The number of nitrogens with zero attached hydrogens (tertiary/aromatic N) is 2. The third-order valence-electron chi connectivity index (χ3n) is 2.59. The lowest BCUT2D eigenvalue weighted by atomic mass is 10.3. The zero-order chi connectivity index (χ0) is 17.0. The van der Waals surface area contributed by atoms with Crippen LogP contribution in [0.2, 0.25) is 5.02 Å². The Morgan fingerprint density at radius 1 is 1.13 bits per heavy atom. The molecule has 1 aromatic carbocycles. The van der Waals surface area contributed by atoms with Gasteiger partial charge in [0.15, 0.2) is 11.4 Å². The number of halogens is 1. The Balaban J connectivity index is 2.35. The first-order valence-corrected chi connectivity index (χ1v) is 6.85. The van der Waals surface area contributed by atoms with Crippen LogP contribution in [0.5, 0.6) is 5.75 Å². The summed E-state index contributed by atoms with van der Waals surface area (Å²) in [6.45, 7) is 2.44. The first-order valence-electron chi connectivity index (χ1n) is 6.48. The van der Waals surface area contributed by atoms with Gasteiger partial charge in [-0.3, -0.25) is 25.2 Å². The molecule has 2 rings (SSSR count). The number of carbonyl (C=O) groups excluding carboxylic acids is 3. The Morgan fingerprint density at radius 2 is 1.78 bits per heavy atom. The molecule has 0 saturated carbocycles. The number of esters is 1. The number of ether oxygens (including phenoxy) is 1. The van der Waals surface area contributed by atoms with E-state index in [-0.39, 0.29) is 11.4 Å². The number of amides is 2. The van der Waals surface area contributed by atoms with Crippen LogP contribution in [0.3, 0.4) is 0 Å². The summed E-state index contributed by atoms with van der Waals surface area (Å²) in [5.74, 6) is -1.81. The molecule has 1 aromatic heterocycles. The SMILES string of the molecule is CC(=O)NNC(=O)c1nn(-c2ccc(Cl)cc2)cc1OC(C)=O. The van der Waals surface area contributed by atoms with E-state index in [1.54, 1.807) is 24.3 Å². The van der Waals surface area contributed by atoms with Crippen LogP contribution in [0.25, 0.3) is 5.69 Å². The Labute approximate surface area is 136 Å². The molecule has 0 fully saturated rings. The standard InChI is InChI=1S/C14H13ClN4O4/c1-8(20)16-17-14(22)13-12(23-9(2)21)7-19(18-13)11-5-3-10(15)4-6-11/h3-7H,1-2H3,(H,16,20)(H,17,22). The molecular formula is C14H13ClN4O4. The molecule has 0 unspecified atom stereocenters. The fraction of sp³-hybridized carbons (Fsp3) is 0.143. The maximum absolute atomic E-state index is 12.0. The predicted molar refractivity (Wildman–Crippen MR) is 81.2 cm³/mol. The van der Waals surface area contributed by atoms with E-state index in [4.69, 9.17) is 16.3 Å². The zero-order valence-electron chi connectivity index (χ0n) is 12.3. The molecule has 8 nitrogen and oxygen atoms in total. The fourth-order valence-electron chi connectivity index (χ4n) is 1.68. The van der Waals surface area contributed by atoms with E-state index in [1.807, 2.05) is 0 Å². The summed E-state index contributed by atoms with van der Waals surface area (Å²) in [5, 5.41) is 4.62. The molecule has 0 aliphatic rings. The molecular weight excluding hydrogens is 324 g/mol. The van der Waals surface area contributed by atoms with Crippen molar-refractivity contribution in [2.45, 2.75) is 13.8 Å². The van der Waals surface area contributed by atoms with Gasteiger partial charge >= 0.3 is 5.97 Å². The van der Waals surface area contributed by atoms with Gasteiger partial charge in [-0.1, -0.05) is 11.6 Å². The van der Waals surface area contributed by atoms with Crippen LogP contribution in [-0.4, -0.2) is 27.6 Å². The number of hydrogen-bond acceptors (Lipinski definition) is 5. The number of benzene rings is 1. The Hall–Kier alpha value is -2.87. The van der Waals surface area contributed by atoms with Gasteiger partial charge in [0, 0.05) is 18.9 Å². The molecule has 2 N–H and O–H groups in total. The van der Waals surface area contributed by atoms with Gasteiger partial charge in [0.1, 0.15) is 0 Å². The van der Waals surface area contributed by atoms with Crippen molar-refractivity contribution in [1.82, 2.24) is 20.6 Å². The van der Waals surface area contributed by atoms with Crippen molar-refractivity contribution in [2.24, 2.45) is 0 Å². The highest BCUT2D eigenvalue weighted by Gasteiger charge is 2.20. The van der Waals surface area contributed by atoms with E-state index >= 15 is 0 Å². The Morgan fingerprint density at radius 3 is 2.35 bits per heavy atom. The summed E-state index contributed by atoms with van der Waals surface area (Å²) in [7, 11) is 0. The normalized spacial score (nSPS) is 10.0. The molecule has 2 aromatic rings. The molecule has 0 spiro atoms. The highest BCUT2D eigenvalue weighted by molar-refractivity contribution is 6.30.